The summed E-state index contributed by atoms with van der Waals surface area (Å²) in [5.74, 6) is -1.24. The van der Waals surface area contributed by atoms with E-state index in [-0.39, 0.29) is 23.8 Å². The number of nitrogens with zero attached hydrogens (tertiary/aromatic N) is 3. The summed E-state index contributed by atoms with van der Waals surface area (Å²) in [4.78, 5) is 24.6. The van der Waals surface area contributed by atoms with Crippen LogP contribution in [0.5, 0.6) is 0 Å². The number of thioether (sulfide) groups is 1. The number of amidine groups is 1. The molecule has 0 bridgehead atoms. The molecule has 3 heterocycles. The number of hydrogen-bond donors (Lipinski definition) is 3. The number of pyridine rings is 2. The Morgan fingerprint density at radius 1 is 1.46 bits per heavy atom. The van der Waals surface area contributed by atoms with E-state index in [9.17, 15) is 14.3 Å². The number of fused-ring (bicyclic) bond motifs is 1. The molecule has 0 aromatic carbocycles. The number of hydrogen-bond acceptors (Lipinski definition) is 7. The maximum Gasteiger partial charge on any atom is 0.274 e. The number of halogens is 2. The summed E-state index contributed by atoms with van der Waals surface area (Å²) in [5, 5.41) is 13.1. The molecular formula is C18H17ClFN5O2S. The van der Waals surface area contributed by atoms with Crippen molar-refractivity contribution in [3.8, 4) is 0 Å². The third kappa shape index (κ3) is 3.13. The number of anilines is 1. The Kier molecular flexibility index (Phi) is 4.56. The van der Waals surface area contributed by atoms with Crippen molar-refractivity contribution < 1.29 is 14.3 Å². The van der Waals surface area contributed by atoms with Gasteiger partial charge in [0.15, 0.2) is 5.17 Å². The first kappa shape index (κ1) is 19.1. The summed E-state index contributed by atoms with van der Waals surface area (Å²) < 4.78 is 14.2. The molecule has 28 heavy (non-hydrogen) atoms. The Balaban J connectivity index is 1.65. The average Bonchev–Trinajstić information content (AvgIpc) is 3.39. The van der Waals surface area contributed by atoms with Gasteiger partial charge in [-0.1, -0.05) is 23.4 Å². The fraction of sp³-hybridized carbons (Fsp3) is 0.333. The molecule has 4 N–H and O–H groups in total. The van der Waals surface area contributed by atoms with Gasteiger partial charge in [-0.15, -0.1) is 0 Å². The highest BCUT2D eigenvalue weighted by Gasteiger charge is 2.66. The van der Waals surface area contributed by atoms with Gasteiger partial charge in [-0.2, -0.15) is 4.39 Å². The molecule has 4 rings (SSSR count). The molecule has 146 valence electrons. The third-order valence-electron chi connectivity index (χ3n) is 5.22. The van der Waals surface area contributed by atoms with E-state index in [1.54, 1.807) is 13.0 Å². The third-order valence-corrected chi connectivity index (χ3v) is 6.73. The fourth-order valence-electron chi connectivity index (χ4n) is 3.68. The van der Waals surface area contributed by atoms with Gasteiger partial charge < -0.3 is 16.2 Å². The number of aliphatic imine (C=N–C) groups is 1. The zero-order valence-electron chi connectivity index (χ0n) is 14.8. The molecule has 2 aromatic rings. The minimum absolute atomic E-state index is 0.0676. The summed E-state index contributed by atoms with van der Waals surface area (Å²) in [6.45, 7) is 1.70. The summed E-state index contributed by atoms with van der Waals surface area (Å²) in [5.41, 5.74) is 5.67. The van der Waals surface area contributed by atoms with E-state index in [1.807, 2.05) is 0 Å². The second-order valence-corrected chi connectivity index (χ2v) is 8.93. The highest BCUT2D eigenvalue weighted by Crippen LogP contribution is 2.65. The topological polar surface area (TPSA) is 113 Å². The lowest BCUT2D eigenvalue weighted by atomic mass is 9.86. The molecule has 1 aliphatic carbocycles. The minimum Gasteiger partial charge on any atom is -0.395 e. The number of amides is 1. The van der Waals surface area contributed by atoms with Crippen molar-refractivity contribution in [1.82, 2.24) is 9.97 Å². The van der Waals surface area contributed by atoms with E-state index in [2.05, 4.69) is 20.3 Å². The molecule has 1 unspecified atom stereocenters. The molecule has 0 spiro atoms. The quantitative estimate of drug-likeness (QED) is 0.654. The molecule has 3 atom stereocenters. The number of carbonyl (C=O) groups excluding carboxylic acids is 1. The molecule has 0 radical (unpaired) electrons. The first-order valence-electron chi connectivity index (χ1n) is 8.51. The van der Waals surface area contributed by atoms with Crippen LogP contribution in [0.25, 0.3) is 0 Å². The van der Waals surface area contributed by atoms with Crippen LogP contribution in [0.4, 0.5) is 10.1 Å². The number of aliphatic hydroxyl groups excluding tert-OH is 1. The van der Waals surface area contributed by atoms with Crippen molar-refractivity contribution in [2.75, 3.05) is 11.9 Å². The zero-order chi connectivity index (χ0) is 20.1. The number of aliphatic hydroxyl groups is 1. The van der Waals surface area contributed by atoms with Gasteiger partial charge in [0.05, 0.1) is 33.8 Å². The van der Waals surface area contributed by atoms with Crippen molar-refractivity contribution in [2.24, 2.45) is 16.6 Å². The second-order valence-electron chi connectivity index (χ2n) is 7.06. The molecule has 7 nitrogen and oxygen atoms in total. The lowest BCUT2D eigenvalue weighted by Gasteiger charge is -2.33. The summed E-state index contributed by atoms with van der Waals surface area (Å²) in [6.07, 6.45) is 3.26. The van der Waals surface area contributed by atoms with Crippen LogP contribution in [0.1, 0.15) is 29.4 Å². The van der Waals surface area contributed by atoms with Crippen molar-refractivity contribution >= 4 is 40.1 Å². The van der Waals surface area contributed by atoms with Gasteiger partial charge >= 0.3 is 0 Å². The van der Waals surface area contributed by atoms with Crippen LogP contribution in [0, 0.1) is 11.9 Å². The summed E-state index contributed by atoms with van der Waals surface area (Å²) in [7, 11) is 0. The van der Waals surface area contributed by atoms with Crippen molar-refractivity contribution in [3.05, 3.63) is 52.8 Å². The smallest absolute Gasteiger partial charge is 0.274 e. The van der Waals surface area contributed by atoms with Gasteiger partial charge in [0, 0.05) is 17.7 Å². The maximum atomic E-state index is 14.6. The van der Waals surface area contributed by atoms with Crippen LogP contribution < -0.4 is 11.1 Å². The maximum absolute atomic E-state index is 14.6. The Labute approximate surface area is 169 Å². The SMILES string of the molecule is C[C@]1(c2cc(NC(=O)c3ccc(Cl)cn3)cnc2F)N=C(N)S[C@@]2(CO)CC21. The molecule has 1 fully saturated rings. The Hall–Kier alpha value is -2.23. The van der Waals surface area contributed by atoms with E-state index in [1.165, 1.54) is 36.3 Å². The molecule has 1 amide bonds. The molecule has 2 aliphatic rings. The van der Waals surface area contributed by atoms with E-state index in [0.717, 1.165) is 0 Å². The van der Waals surface area contributed by atoms with Crippen molar-refractivity contribution in [2.45, 2.75) is 23.6 Å². The Morgan fingerprint density at radius 3 is 2.93 bits per heavy atom. The molecule has 1 saturated carbocycles. The van der Waals surface area contributed by atoms with Gasteiger partial charge in [0.25, 0.3) is 5.91 Å². The first-order chi connectivity index (χ1) is 13.3. The van der Waals surface area contributed by atoms with Crippen LogP contribution in [0.3, 0.4) is 0 Å². The van der Waals surface area contributed by atoms with Crippen molar-refractivity contribution in [3.63, 3.8) is 0 Å². The van der Waals surface area contributed by atoms with Crippen LogP contribution in [-0.2, 0) is 5.54 Å². The largest absolute Gasteiger partial charge is 0.395 e. The molecule has 2 aromatic heterocycles. The molecule has 0 saturated heterocycles. The average molecular weight is 422 g/mol. The monoisotopic (exact) mass is 421 g/mol. The van der Waals surface area contributed by atoms with E-state index in [4.69, 9.17) is 17.3 Å². The normalized spacial score (nSPS) is 28.3. The number of carbonyl (C=O) groups is 1. The van der Waals surface area contributed by atoms with Gasteiger partial charge in [-0.3, -0.25) is 9.79 Å². The molecular weight excluding hydrogens is 405 g/mol. The lowest BCUT2D eigenvalue weighted by molar-refractivity contribution is 0.102. The highest BCUT2D eigenvalue weighted by atomic mass is 35.5. The van der Waals surface area contributed by atoms with Crippen LogP contribution in [-0.4, -0.2) is 37.5 Å². The second kappa shape index (κ2) is 6.68. The number of nitrogens with two attached hydrogens (primary N) is 1. The molecule has 10 heteroatoms. The van der Waals surface area contributed by atoms with Gasteiger partial charge in [-0.25, -0.2) is 9.97 Å². The molecule has 1 aliphatic heterocycles. The van der Waals surface area contributed by atoms with Gasteiger partial charge in [0.2, 0.25) is 5.95 Å². The standard InChI is InChI=1S/C18H17ClFN5O2S/c1-17(13-5-18(13,8-26)28-16(21)25-17)11-4-10(7-23-14(11)20)24-15(27)12-3-2-9(19)6-22-12/h2-4,6-7,13,26H,5,8H2,1H3,(H2,21,25)(H,24,27)/t13?,17-,18-/m1/s1. The van der Waals surface area contributed by atoms with E-state index < -0.39 is 22.1 Å². The van der Waals surface area contributed by atoms with Gasteiger partial charge in [-0.05, 0) is 31.5 Å². The Morgan fingerprint density at radius 2 is 2.25 bits per heavy atom. The van der Waals surface area contributed by atoms with E-state index >= 15 is 0 Å². The lowest BCUT2D eigenvalue weighted by Crippen LogP contribution is -2.37. The fourth-order valence-corrected chi connectivity index (χ4v) is 5.13. The van der Waals surface area contributed by atoms with E-state index in [0.29, 0.717) is 22.3 Å². The van der Waals surface area contributed by atoms with Crippen LogP contribution >= 0.6 is 23.4 Å². The number of aromatic nitrogens is 2. The predicted octanol–water partition coefficient (Wildman–Crippen LogP) is 2.55. The number of nitrogens with one attached hydrogen (secondary N) is 1. The zero-order valence-corrected chi connectivity index (χ0v) is 16.4. The predicted molar refractivity (Wildman–Crippen MR) is 106 cm³/mol. The van der Waals surface area contributed by atoms with Crippen LogP contribution in [0.15, 0.2) is 35.6 Å². The van der Waals surface area contributed by atoms with Crippen molar-refractivity contribution in [1.29, 1.82) is 0 Å². The first-order valence-corrected chi connectivity index (χ1v) is 9.71. The summed E-state index contributed by atoms with van der Waals surface area (Å²) >= 11 is 7.11. The Bertz CT molecular complexity index is 988. The summed E-state index contributed by atoms with van der Waals surface area (Å²) in [6, 6.07) is 4.54. The van der Waals surface area contributed by atoms with Gasteiger partial charge in [0.1, 0.15) is 5.69 Å². The van der Waals surface area contributed by atoms with Crippen LogP contribution in [0.2, 0.25) is 5.02 Å². The number of rotatable bonds is 4. The minimum atomic E-state index is -0.978. The highest BCUT2D eigenvalue weighted by molar-refractivity contribution is 8.15.